The number of nitrogens with one attached hydrogen (secondary N) is 6. The zero-order chi connectivity index (χ0) is 64.0. The highest BCUT2D eigenvalue weighted by molar-refractivity contribution is 7.89. The SMILES string of the molecule is C.C=C1C=Cc2cc(C(=O)NC(C)c3ccccc3)[nH]c2N1c1ccc(F)cc1.C=C1C=Cc2cc(C(=O)Nc3ccc(OC)c(F)c3)[nH]c2N1c1ccc(OC(C)C)cc1.C=C1C=Cc2cc(C(=O)Nc3cccc(S(N)(=O)=O)c3)[nH]c2N1c1ccc(Cl)cc1. The average Bonchev–Trinajstić information content (AvgIpc) is 1.71. The summed E-state index contributed by atoms with van der Waals surface area (Å²) in [4.78, 5) is 53.4. The van der Waals surface area contributed by atoms with Crippen molar-refractivity contribution < 1.29 is 41.1 Å². The Morgan fingerprint density at radius 2 is 1.01 bits per heavy atom. The van der Waals surface area contributed by atoms with Crippen LogP contribution in [0.4, 0.5) is 54.7 Å². The number of rotatable bonds is 14. The van der Waals surface area contributed by atoms with Gasteiger partial charge < -0.3 is 40.4 Å². The number of nitrogens with two attached hydrogens (primary N) is 1. The Labute approximate surface area is 531 Å². The van der Waals surface area contributed by atoms with Crippen molar-refractivity contribution in [2.75, 3.05) is 32.4 Å². The van der Waals surface area contributed by atoms with Crippen LogP contribution in [0.25, 0.3) is 18.2 Å². The molecule has 0 spiro atoms. The first-order valence-corrected chi connectivity index (χ1v) is 30.0. The van der Waals surface area contributed by atoms with Crippen LogP contribution in [-0.2, 0) is 10.0 Å². The molecule has 3 aliphatic rings. The zero-order valence-electron chi connectivity index (χ0n) is 49.1. The molecule has 91 heavy (non-hydrogen) atoms. The van der Waals surface area contributed by atoms with Gasteiger partial charge in [-0.05, 0) is 184 Å². The normalized spacial score (nSPS) is 13.1. The van der Waals surface area contributed by atoms with Crippen LogP contribution in [0.3, 0.4) is 0 Å². The van der Waals surface area contributed by atoms with Crippen LogP contribution < -0.4 is 45.3 Å². The third-order valence-corrected chi connectivity index (χ3v) is 15.4. The molecule has 12 rings (SSSR count). The Balaban J connectivity index is 0.000000161. The van der Waals surface area contributed by atoms with Crippen LogP contribution in [0, 0.1) is 11.6 Å². The molecule has 6 heterocycles. The Morgan fingerprint density at radius 3 is 1.46 bits per heavy atom. The molecule has 0 fully saturated rings. The largest absolute Gasteiger partial charge is 0.494 e. The number of amides is 3. The first-order chi connectivity index (χ1) is 43.1. The van der Waals surface area contributed by atoms with E-state index in [4.69, 9.17) is 26.2 Å². The van der Waals surface area contributed by atoms with E-state index in [-0.39, 0.29) is 47.8 Å². The number of H-pyrrole nitrogens is 3. The number of aromatic nitrogens is 3. The topological polar surface area (TPSA) is 223 Å². The molecule has 8 N–H and O–H groups in total. The molecule has 9 aromatic rings. The van der Waals surface area contributed by atoms with Crippen LogP contribution in [0.15, 0.2) is 224 Å². The van der Waals surface area contributed by atoms with Crippen molar-refractivity contribution in [3.05, 3.63) is 275 Å². The summed E-state index contributed by atoms with van der Waals surface area (Å²) in [5.41, 5.74) is 9.98. The van der Waals surface area contributed by atoms with E-state index in [9.17, 15) is 31.6 Å². The number of halogens is 3. The van der Waals surface area contributed by atoms with Gasteiger partial charge in [-0.3, -0.25) is 29.1 Å². The number of primary sulfonamides is 1. The van der Waals surface area contributed by atoms with Gasteiger partial charge in [-0.15, -0.1) is 0 Å². The molecular weight excluding hydrogens is 1200 g/mol. The number of aromatic amines is 3. The van der Waals surface area contributed by atoms with E-state index in [1.54, 1.807) is 48.5 Å². The fraction of sp³-hybridized carbons (Fsp3) is 0.100. The number of anilines is 8. The number of nitrogens with zero attached hydrogens (tertiary/aromatic N) is 3. The monoisotopic (exact) mass is 1260 g/mol. The fourth-order valence-corrected chi connectivity index (χ4v) is 10.6. The molecule has 0 bridgehead atoms. The molecule has 3 amide bonds. The maximum Gasteiger partial charge on any atom is 0.272 e. The number of fused-ring (bicyclic) bond motifs is 3. The molecular formula is C70H65ClF2N10O7S. The summed E-state index contributed by atoms with van der Waals surface area (Å²) in [6.45, 7) is 18.1. The Hall–Kier alpha value is -10.9. The number of carbonyl (C=O) groups excluding carboxylic acids is 3. The number of benzene rings is 6. The summed E-state index contributed by atoms with van der Waals surface area (Å²) in [6, 6.07) is 46.1. The summed E-state index contributed by atoms with van der Waals surface area (Å²) in [5.74, 6) is 1.18. The van der Waals surface area contributed by atoms with E-state index in [2.05, 4.69) is 50.6 Å². The molecule has 0 aliphatic carbocycles. The van der Waals surface area contributed by atoms with Gasteiger partial charge in [0.2, 0.25) is 10.0 Å². The van der Waals surface area contributed by atoms with Gasteiger partial charge in [-0.1, -0.05) is 75.2 Å². The number of allylic oxidation sites excluding steroid dienone is 3. The smallest absolute Gasteiger partial charge is 0.272 e. The highest BCUT2D eigenvalue weighted by Gasteiger charge is 2.27. The molecule has 1 unspecified atom stereocenters. The summed E-state index contributed by atoms with van der Waals surface area (Å²) >= 11 is 5.99. The average molecular weight is 1260 g/mol. The Kier molecular flexibility index (Phi) is 19.6. The molecule has 1 atom stereocenters. The van der Waals surface area contributed by atoms with E-state index in [1.807, 2.05) is 145 Å². The van der Waals surface area contributed by atoms with Crippen LogP contribution in [-0.4, -0.2) is 54.3 Å². The van der Waals surface area contributed by atoms with Gasteiger partial charge >= 0.3 is 0 Å². The second-order valence-electron chi connectivity index (χ2n) is 21.0. The van der Waals surface area contributed by atoms with Crippen molar-refractivity contribution in [1.29, 1.82) is 0 Å². The lowest BCUT2D eigenvalue weighted by atomic mass is 10.1. The van der Waals surface area contributed by atoms with Gasteiger partial charge in [-0.25, -0.2) is 22.3 Å². The zero-order valence-corrected chi connectivity index (χ0v) is 50.7. The number of methoxy groups -OCH3 is 1. The number of carbonyl (C=O) groups is 3. The quantitative estimate of drug-likeness (QED) is 0.0545. The predicted octanol–water partition coefficient (Wildman–Crippen LogP) is 16.1. The summed E-state index contributed by atoms with van der Waals surface area (Å²) in [6.07, 6.45) is 11.4. The van der Waals surface area contributed by atoms with E-state index >= 15 is 0 Å². The van der Waals surface area contributed by atoms with Gasteiger partial charge in [0.15, 0.2) is 11.6 Å². The minimum atomic E-state index is -3.87. The van der Waals surface area contributed by atoms with Crippen molar-refractivity contribution in [1.82, 2.24) is 20.3 Å². The van der Waals surface area contributed by atoms with Crippen LogP contribution >= 0.6 is 11.6 Å². The lowest BCUT2D eigenvalue weighted by Gasteiger charge is -2.27. The van der Waals surface area contributed by atoms with Crippen LogP contribution in [0.2, 0.25) is 5.02 Å². The summed E-state index contributed by atoms with van der Waals surface area (Å²) in [5, 5.41) is 14.2. The van der Waals surface area contributed by atoms with E-state index < -0.39 is 21.7 Å². The standard InChI is InChI=1S/C25H24FN3O3.C23H20FN3O.C21H17ClN4O3S.CH4/c1-15(2)32-20-10-8-19(9-11-20)29-16(3)5-6-17-13-22(28-24(17)29)25(30)27-18-7-12-23(31-4)21(26)14-18;1-15-8-9-18-14-21(23(28)25-16(2)17-6-4-3-5-7-17)26-22(18)27(15)20-12-10-19(24)11-13-20;1-13-5-6-14-11-19(25-20(14)26(13)17-9-7-15(22)8-10-17)21(27)24-16-3-2-4-18(12-16)30(23,28)29;/h5-15,28H,3H2,1-2,4H3,(H,27,30);3-14,16,26H,1H2,2H3,(H,25,28);2-12,25H,1H2,(H,24,27)(H2,23,28,29);1H4. The molecule has 3 aliphatic heterocycles. The first kappa shape index (κ1) is 64.5. The van der Waals surface area contributed by atoms with Crippen molar-refractivity contribution in [2.24, 2.45) is 5.14 Å². The maximum atomic E-state index is 14.0. The Bertz CT molecular complexity index is 4440. The summed E-state index contributed by atoms with van der Waals surface area (Å²) in [7, 11) is -2.48. The van der Waals surface area contributed by atoms with Gasteiger partial charge in [0.05, 0.1) is 24.2 Å². The molecule has 17 nitrogen and oxygen atoms in total. The van der Waals surface area contributed by atoms with Crippen molar-refractivity contribution in [2.45, 2.75) is 45.2 Å². The molecule has 0 radical (unpaired) electrons. The molecule has 0 saturated heterocycles. The van der Waals surface area contributed by atoms with E-state index in [0.29, 0.717) is 39.3 Å². The molecule has 0 saturated carbocycles. The highest BCUT2D eigenvalue weighted by Crippen LogP contribution is 2.40. The van der Waals surface area contributed by atoms with Crippen LogP contribution in [0.1, 0.15) is 88.0 Å². The molecule has 6 aromatic carbocycles. The minimum Gasteiger partial charge on any atom is -0.494 e. The Morgan fingerprint density at radius 1 is 0.560 bits per heavy atom. The van der Waals surface area contributed by atoms with Gasteiger partial charge in [0.1, 0.15) is 46.1 Å². The van der Waals surface area contributed by atoms with E-state index in [0.717, 1.165) is 73.8 Å². The predicted molar refractivity (Wildman–Crippen MR) is 359 cm³/mol. The van der Waals surface area contributed by atoms with Crippen molar-refractivity contribution >= 4 is 103 Å². The highest BCUT2D eigenvalue weighted by atomic mass is 35.5. The fourth-order valence-electron chi connectivity index (χ4n) is 9.90. The lowest BCUT2D eigenvalue weighted by molar-refractivity contribution is 0.0934. The number of sulfonamides is 1. The maximum absolute atomic E-state index is 14.0. The molecule has 464 valence electrons. The second kappa shape index (κ2) is 27.6. The minimum absolute atomic E-state index is 0. The second-order valence-corrected chi connectivity index (χ2v) is 23.0. The van der Waals surface area contributed by atoms with Gasteiger partial charge in [0.25, 0.3) is 17.7 Å². The first-order valence-electron chi connectivity index (χ1n) is 28.0. The van der Waals surface area contributed by atoms with Gasteiger partial charge in [0, 0.05) is 73.3 Å². The van der Waals surface area contributed by atoms with Gasteiger partial charge in [-0.2, -0.15) is 0 Å². The number of hydrogen-bond acceptors (Lipinski definition) is 10. The third kappa shape index (κ3) is 15.0. The van der Waals surface area contributed by atoms with E-state index in [1.165, 1.54) is 49.6 Å². The third-order valence-electron chi connectivity index (χ3n) is 14.2. The van der Waals surface area contributed by atoms with Crippen molar-refractivity contribution in [3.63, 3.8) is 0 Å². The molecule has 3 aromatic heterocycles. The lowest BCUT2D eigenvalue weighted by Crippen LogP contribution is -2.27. The molecule has 21 heteroatoms. The van der Waals surface area contributed by atoms with Crippen LogP contribution in [0.5, 0.6) is 11.5 Å². The number of hydrogen-bond donors (Lipinski definition) is 7. The summed E-state index contributed by atoms with van der Waals surface area (Å²) < 4.78 is 60.9. The number of ether oxygens (including phenoxy) is 2. The van der Waals surface area contributed by atoms with Crippen molar-refractivity contribution in [3.8, 4) is 11.5 Å².